The van der Waals surface area contributed by atoms with Gasteiger partial charge in [-0.2, -0.15) is 0 Å². The van der Waals surface area contributed by atoms with Crippen molar-refractivity contribution in [1.29, 1.82) is 0 Å². The Kier molecular flexibility index (Phi) is 2.18. The lowest BCUT2D eigenvalue weighted by molar-refractivity contribution is -0.136. The molecule has 0 amide bonds. The maximum Gasteiger partial charge on any atom is 0.164 e. The molecule has 2 rings (SSSR count). The Bertz CT molecular complexity index is 180. The van der Waals surface area contributed by atoms with Gasteiger partial charge in [0.05, 0.1) is 0 Å². The van der Waals surface area contributed by atoms with Crippen LogP contribution in [0.15, 0.2) is 0 Å². The van der Waals surface area contributed by atoms with Crippen LogP contribution < -0.4 is 0 Å². The molecule has 0 radical (unpaired) electrons. The van der Waals surface area contributed by atoms with Gasteiger partial charge in [0.25, 0.3) is 0 Å². The van der Waals surface area contributed by atoms with E-state index in [9.17, 15) is 4.79 Å². The lowest BCUT2D eigenvalue weighted by atomic mass is 9.79. The summed E-state index contributed by atoms with van der Waals surface area (Å²) in [6.07, 6.45) is 5.76. The highest BCUT2D eigenvalue weighted by Gasteiger charge is 2.40. The molecule has 2 aliphatic rings. The van der Waals surface area contributed by atoms with Crippen molar-refractivity contribution in [3.8, 4) is 0 Å². The maximum absolute atomic E-state index is 11.7. The van der Waals surface area contributed by atoms with E-state index in [4.69, 9.17) is 4.74 Å². The van der Waals surface area contributed by atoms with Gasteiger partial charge in [-0.15, -0.1) is 0 Å². The van der Waals surface area contributed by atoms with Crippen LogP contribution >= 0.6 is 0 Å². The number of rotatable bonds is 4. The largest absolute Gasteiger partial charge is 0.373 e. The summed E-state index contributed by atoms with van der Waals surface area (Å²) in [4.78, 5) is 11.7. The van der Waals surface area contributed by atoms with Gasteiger partial charge >= 0.3 is 0 Å². The summed E-state index contributed by atoms with van der Waals surface area (Å²) in [6, 6.07) is 0. The van der Waals surface area contributed by atoms with Crippen LogP contribution in [0, 0.1) is 11.8 Å². The zero-order valence-corrected chi connectivity index (χ0v) is 7.58. The van der Waals surface area contributed by atoms with E-state index < -0.39 is 0 Å². The molecule has 0 saturated heterocycles. The van der Waals surface area contributed by atoms with E-state index in [1.807, 2.05) is 0 Å². The smallest absolute Gasteiger partial charge is 0.164 e. The molecule has 0 heterocycles. The predicted molar refractivity (Wildman–Crippen MR) is 45.9 cm³/mol. The van der Waals surface area contributed by atoms with Crippen molar-refractivity contribution in [3.63, 3.8) is 0 Å². The number of carbonyl (C=O) groups is 1. The minimum Gasteiger partial charge on any atom is -0.373 e. The van der Waals surface area contributed by atoms with E-state index in [1.54, 1.807) is 7.11 Å². The van der Waals surface area contributed by atoms with E-state index >= 15 is 0 Å². The fraction of sp³-hybridized carbons (Fsp3) is 0.900. The van der Waals surface area contributed by atoms with E-state index in [0.29, 0.717) is 17.6 Å². The topological polar surface area (TPSA) is 26.3 Å². The summed E-state index contributed by atoms with van der Waals surface area (Å²) in [6.45, 7) is 0. The number of carbonyl (C=O) groups excluding carboxylic acids is 1. The van der Waals surface area contributed by atoms with Crippen molar-refractivity contribution in [1.82, 2.24) is 0 Å². The Morgan fingerprint density at radius 3 is 2.33 bits per heavy atom. The summed E-state index contributed by atoms with van der Waals surface area (Å²) in [5.41, 5.74) is 0. The minimum atomic E-state index is -0.0599. The SMILES string of the molecule is COC(C(=O)C1CCC1)C1CC1. The summed E-state index contributed by atoms with van der Waals surface area (Å²) in [5, 5.41) is 0. The highest BCUT2D eigenvalue weighted by Crippen LogP contribution is 2.38. The molecule has 0 N–H and O–H groups in total. The third kappa shape index (κ3) is 1.40. The fourth-order valence-corrected chi connectivity index (χ4v) is 1.86. The molecule has 12 heavy (non-hydrogen) atoms. The lowest BCUT2D eigenvalue weighted by Crippen LogP contribution is -2.34. The van der Waals surface area contributed by atoms with E-state index in [2.05, 4.69) is 0 Å². The monoisotopic (exact) mass is 168 g/mol. The number of hydrogen-bond acceptors (Lipinski definition) is 2. The first kappa shape index (κ1) is 8.24. The fourth-order valence-electron chi connectivity index (χ4n) is 1.86. The molecule has 2 nitrogen and oxygen atoms in total. The maximum atomic E-state index is 11.7. The van der Waals surface area contributed by atoms with Gasteiger partial charge in [0.1, 0.15) is 6.10 Å². The second-order valence-corrected chi connectivity index (χ2v) is 4.02. The van der Waals surface area contributed by atoms with Crippen LogP contribution in [0.2, 0.25) is 0 Å². The van der Waals surface area contributed by atoms with Gasteiger partial charge in [0.15, 0.2) is 5.78 Å². The van der Waals surface area contributed by atoms with Gasteiger partial charge in [0.2, 0.25) is 0 Å². The standard InChI is InChI=1S/C10H16O2/c1-12-10(8-5-6-8)9(11)7-3-2-4-7/h7-8,10H,2-6H2,1H3. The van der Waals surface area contributed by atoms with Crippen LogP contribution in [0.5, 0.6) is 0 Å². The first-order valence-corrected chi connectivity index (χ1v) is 4.89. The van der Waals surface area contributed by atoms with Crippen molar-refractivity contribution in [2.45, 2.75) is 38.2 Å². The second kappa shape index (κ2) is 3.17. The molecule has 2 fully saturated rings. The molecule has 0 aromatic heterocycles. The normalized spacial score (nSPS) is 26.4. The zero-order chi connectivity index (χ0) is 8.55. The highest BCUT2D eigenvalue weighted by atomic mass is 16.5. The Labute approximate surface area is 73.3 Å². The van der Waals surface area contributed by atoms with E-state index in [0.717, 1.165) is 12.8 Å². The van der Waals surface area contributed by atoms with Gasteiger partial charge in [-0.1, -0.05) is 6.42 Å². The molecule has 0 aromatic carbocycles. The molecule has 0 spiro atoms. The Morgan fingerprint density at radius 2 is 2.00 bits per heavy atom. The van der Waals surface area contributed by atoms with Crippen molar-refractivity contribution in [2.75, 3.05) is 7.11 Å². The molecule has 2 saturated carbocycles. The average molecular weight is 168 g/mol. The van der Waals surface area contributed by atoms with Crippen LogP contribution in [0.3, 0.4) is 0 Å². The predicted octanol–water partition coefficient (Wildman–Crippen LogP) is 1.78. The molecule has 0 aromatic rings. The third-order valence-corrected chi connectivity index (χ3v) is 3.09. The molecular weight excluding hydrogens is 152 g/mol. The van der Waals surface area contributed by atoms with Crippen molar-refractivity contribution >= 4 is 5.78 Å². The summed E-state index contributed by atoms with van der Waals surface area (Å²) >= 11 is 0. The first-order valence-electron chi connectivity index (χ1n) is 4.89. The Balaban J connectivity index is 1.90. The average Bonchev–Trinajstić information content (AvgIpc) is 2.68. The molecule has 0 aliphatic heterocycles. The van der Waals surface area contributed by atoms with Gasteiger partial charge in [0, 0.05) is 13.0 Å². The van der Waals surface area contributed by atoms with Gasteiger partial charge < -0.3 is 4.74 Å². The summed E-state index contributed by atoms with van der Waals surface area (Å²) < 4.78 is 5.24. The highest BCUT2D eigenvalue weighted by molar-refractivity contribution is 5.86. The molecule has 0 bridgehead atoms. The third-order valence-electron chi connectivity index (χ3n) is 3.09. The van der Waals surface area contributed by atoms with Crippen LogP contribution in [0.1, 0.15) is 32.1 Å². The molecule has 2 heteroatoms. The zero-order valence-electron chi connectivity index (χ0n) is 7.58. The molecule has 1 atom stereocenters. The lowest BCUT2D eigenvalue weighted by Gasteiger charge is -2.27. The van der Waals surface area contributed by atoms with Crippen molar-refractivity contribution in [2.24, 2.45) is 11.8 Å². The van der Waals surface area contributed by atoms with E-state index in [-0.39, 0.29) is 6.10 Å². The number of methoxy groups -OCH3 is 1. The second-order valence-electron chi connectivity index (χ2n) is 4.02. The molecule has 1 unspecified atom stereocenters. The van der Waals surface area contributed by atoms with Gasteiger partial charge in [-0.3, -0.25) is 4.79 Å². The molecular formula is C10H16O2. The summed E-state index contributed by atoms with van der Waals surface area (Å²) in [5.74, 6) is 1.28. The number of ketones is 1. The van der Waals surface area contributed by atoms with Crippen LogP contribution in [-0.4, -0.2) is 19.0 Å². The number of hydrogen-bond donors (Lipinski definition) is 0. The van der Waals surface area contributed by atoms with Crippen LogP contribution in [0.4, 0.5) is 0 Å². The van der Waals surface area contributed by atoms with Crippen molar-refractivity contribution in [3.05, 3.63) is 0 Å². The van der Waals surface area contributed by atoms with Crippen molar-refractivity contribution < 1.29 is 9.53 Å². The number of ether oxygens (including phenoxy) is 1. The molecule has 68 valence electrons. The Morgan fingerprint density at radius 1 is 1.33 bits per heavy atom. The van der Waals surface area contributed by atoms with Gasteiger partial charge in [-0.05, 0) is 31.6 Å². The van der Waals surface area contributed by atoms with Crippen LogP contribution in [-0.2, 0) is 9.53 Å². The Hall–Kier alpha value is -0.370. The first-order chi connectivity index (χ1) is 5.83. The summed E-state index contributed by atoms with van der Waals surface area (Å²) in [7, 11) is 1.67. The van der Waals surface area contributed by atoms with Gasteiger partial charge in [-0.25, -0.2) is 0 Å². The molecule has 2 aliphatic carbocycles. The van der Waals surface area contributed by atoms with Crippen LogP contribution in [0.25, 0.3) is 0 Å². The van der Waals surface area contributed by atoms with E-state index in [1.165, 1.54) is 19.3 Å². The number of Topliss-reactive ketones (excluding diaryl/α,β-unsaturated/α-hetero) is 1. The quantitative estimate of drug-likeness (QED) is 0.639. The minimum absolute atomic E-state index is 0.0599.